The molecule has 0 spiro atoms. The lowest BCUT2D eigenvalue weighted by Crippen LogP contribution is -2.22. The van der Waals surface area contributed by atoms with Crippen LogP contribution in [0.15, 0.2) is 21.5 Å². The molecular formula is C10H11BrClNO5S2. The van der Waals surface area contributed by atoms with Crippen molar-refractivity contribution in [1.29, 1.82) is 0 Å². The second-order valence-electron chi connectivity index (χ2n) is 4.15. The fourth-order valence-electron chi connectivity index (χ4n) is 1.45. The van der Waals surface area contributed by atoms with E-state index in [9.17, 15) is 21.6 Å². The van der Waals surface area contributed by atoms with Crippen LogP contribution < -0.4 is 5.32 Å². The highest BCUT2D eigenvalue weighted by Gasteiger charge is 2.18. The molecule has 20 heavy (non-hydrogen) atoms. The van der Waals surface area contributed by atoms with Crippen LogP contribution in [0.25, 0.3) is 0 Å². The van der Waals surface area contributed by atoms with Gasteiger partial charge < -0.3 is 5.32 Å². The molecular weight excluding hydrogens is 394 g/mol. The highest BCUT2D eigenvalue weighted by molar-refractivity contribution is 9.10. The molecule has 0 fully saturated rings. The molecule has 0 aliphatic rings. The molecule has 0 heterocycles. The van der Waals surface area contributed by atoms with Crippen molar-refractivity contribution >= 4 is 57.1 Å². The molecule has 112 valence electrons. The largest absolute Gasteiger partial charge is 0.324 e. The smallest absolute Gasteiger partial charge is 0.261 e. The van der Waals surface area contributed by atoms with Crippen LogP contribution in [-0.4, -0.2) is 34.8 Å². The molecule has 0 saturated carbocycles. The van der Waals surface area contributed by atoms with Crippen molar-refractivity contribution in [3.8, 4) is 0 Å². The highest BCUT2D eigenvalue weighted by atomic mass is 79.9. The summed E-state index contributed by atoms with van der Waals surface area (Å²) in [4.78, 5) is 11.4. The molecule has 0 unspecified atom stereocenters. The molecule has 1 rings (SSSR count). The van der Waals surface area contributed by atoms with Crippen LogP contribution in [0.2, 0.25) is 0 Å². The molecule has 0 aromatic heterocycles. The van der Waals surface area contributed by atoms with Crippen LogP contribution in [0, 0.1) is 6.92 Å². The van der Waals surface area contributed by atoms with E-state index < -0.39 is 30.5 Å². The number of sulfone groups is 1. The lowest BCUT2D eigenvalue weighted by molar-refractivity contribution is -0.113. The number of amides is 1. The second kappa shape index (κ2) is 6.00. The molecule has 1 aromatic carbocycles. The topological polar surface area (TPSA) is 97.4 Å². The quantitative estimate of drug-likeness (QED) is 0.770. The molecule has 1 aromatic rings. The van der Waals surface area contributed by atoms with Gasteiger partial charge in [-0.3, -0.25) is 4.79 Å². The van der Waals surface area contributed by atoms with Crippen LogP contribution in [0.4, 0.5) is 5.69 Å². The Balaban J connectivity index is 3.11. The lowest BCUT2D eigenvalue weighted by atomic mass is 10.2. The van der Waals surface area contributed by atoms with Crippen molar-refractivity contribution in [2.75, 3.05) is 17.3 Å². The summed E-state index contributed by atoms with van der Waals surface area (Å²) in [6.07, 6.45) is 0.941. The van der Waals surface area contributed by atoms with Gasteiger partial charge in [-0.15, -0.1) is 0 Å². The van der Waals surface area contributed by atoms with Gasteiger partial charge in [-0.25, -0.2) is 16.8 Å². The summed E-state index contributed by atoms with van der Waals surface area (Å²) in [5, 5.41) is 2.38. The number of benzene rings is 1. The number of carbonyl (C=O) groups excluding carboxylic acids is 1. The van der Waals surface area contributed by atoms with E-state index in [-0.39, 0.29) is 15.1 Å². The summed E-state index contributed by atoms with van der Waals surface area (Å²) in [7, 11) is -2.07. The number of hydrogen-bond acceptors (Lipinski definition) is 5. The van der Waals surface area contributed by atoms with E-state index in [2.05, 4.69) is 21.2 Å². The highest BCUT2D eigenvalue weighted by Crippen LogP contribution is 2.30. The minimum absolute atomic E-state index is 0.0906. The van der Waals surface area contributed by atoms with Gasteiger partial charge in [0, 0.05) is 21.4 Å². The Morgan fingerprint density at radius 2 is 1.85 bits per heavy atom. The van der Waals surface area contributed by atoms with Gasteiger partial charge in [-0.2, -0.15) is 0 Å². The van der Waals surface area contributed by atoms with Gasteiger partial charge >= 0.3 is 0 Å². The van der Waals surface area contributed by atoms with E-state index in [4.69, 9.17) is 10.7 Å². The lowest BCUT2D eigenvalue weighted by Gasteiger charge is -2.10. The van der Waals surface area contributed by atoms with Gasteiger partial charge in [0.2, 0.25) is 5.91 Å². The van der Waals surface area contributed by atoms with Crippen molar-refractivity contribution in [2.24, 2.45) is 0 Å². The summed E-state index contributed by atoms with van der Waals surface area (Å²) in [5.74, 6) is -1.37. The van der Waals surface area contributed by atoms with Crippen LogP contribution in [-0.2, 0) is 23.7 Å². The van der Waals surface area contributed by atoms with Crippen LogP contribution in [0.3, 0.4) is 0 Å². The molecule has 0 saturated heterocycles. The number of aryl methyl sites for hydroxylation is 1. The molecule has 0 radical (unpaired) electrons. The van der Waals surface area contributed by atoms with E-state index in [1.807, 2.05) is 0 Å². The van der Waals surface area contributed by atoms with Crippen LogP contribution in [0.5, 0.6) is 0 Å². The molecule has 1 amide bonds. The van der Waals surface area contributed by atoms with Crippen molar-refractivity contribution in [1.82, 2.24) is 0 Å². The zero-order valence-corrected chi connectivity index (χ0v) is 14.5. The number of hydrogen-bond donors (Lipinski definition) is 1. The SMILES string of the molecule is Cc1cc(NC(=O)CS(C)(=O)=O)c(Br)cc1S(=O)(=O)Cl. The van der Waals surface area contributed by atoms with Crippen molar-refractivity contribution in [2.45, 2.75) is 11.8 Å². The third kappa shape index (κ3) is 5.04. The number of anilines is 1. The fraction of sp³-hybridized carbons (Fsp3) is 0.300. The number of halogens is 2. The molecule has 6 nitrogen and oxygen atoms in total. The summed E-state index contributed by atoms with van der Waals surface area (Å²) >= 11 is 3.09. The maximum Gasteiger partial charge on any atom is 0.261 e. The average Bonchev–Trinajstić information content (AvgIpc) is 2.18. The Morgan fingerprint density at radius 1 is 1.30 bits per heavy atom. The molecule has 0 atom stereocenters. The number of nitrogens with one attached hydrogen (secondary N) is 1. The van der Waals surface area contributed by atoms with Gasteiger partial charge in [0.05, 0.1) is 10.6 Å². The zero-order valence-electron chi connectivity index (χ0n) is 10.5. The third-order valence-electron chi connectivity index (χ3n) is 2.19. The molecule has 0 aliphatic heterocycles. The normalized spacial score (nSPS) is 12.2. The Morgan fingerprint density at radius 3 is 2.30 bits per heavy atom. The van der Waals surface area contributed by atoms with Crippen molar-refractivity contribution in [3.05, 3.63) is 22.2 Å². The molecule has 0 aliphatic carbocycles. The van der Waals surface area contributed by atoms with E-state index >= 15 is 0 Å². The molecule has 10 heteroatoms. The second-order valence-corrected chi connectivity index (χ2v) is 9.68. The van der Waals surface area contributed by atoms with Crippen LogP contribution in [0.1, 0.15) is 5.56 Å². The average molecular weight is 405 g/mol. The third-order valence-corrected chi connectivity index (χ3v) is 5.10. The standard InChI is InChI=1S/C10H11BrClNO5S2/c1-6-3-8(13-10(14)5-19(2,15)16)7(11)4-9(6)20(12,17)18/h3-4H,5H2,1-2H3,(H,13,14). The summed E-state index contributed by atoms with van der Waals surface area (Å²) in [6.45, 7) is 1.51. The van der Waals surface area contributed by atoms with Gasteiger partial charge in [-0.1, -0.05) is 0 Å². The van der Waals surface area contributed by atoms with Gasteiger partial charge in [-0.05, 0) is 40.5 Å². The first kappa shape index (κ1) is 17.4. The predicted octanol–water partition coefficient (Wildman–Crippen LogP) is 1.67. The van der Waals surface area contributed by atoms with Gasteiger partial charge in [0.15, 0.2) is 9.84 Å². The fourth-order valence-corrected chi connectivity index (χ4v) is 3.79. The maximum absolute atomic E-state index is 11.5. The van der Waals surface area contributed by atoms with Crippen molar-refractivity contribution in [3.63, 3.8) is 0 Å². The van der Waals surface area contributed by atoms with E-state index in [0.29, 0.717) is 5.56 Å². The van der Waals surface area contributed by atoms with Gasteiger partial charge in [0.1, 0.15) is 5.75 Å². The van der Waals surface area contributed by atoms with E-state index in [0.717, 1.165) is 6.26 Å². The monoisotopic (exact) mass is 403 g/mol. The summed E-state index contributed by atoms with van der Waals surface area (Å²) in [5.41, 5.74) is 0.595. The minimum Gasteiger partial charge on any atom is -0.324 e. The molecule has 1 N–H and O–H groups in total. The first-order chi connectivity index (χ1) is 8.90. The Bertz CT molecular complexity index is 758. The maximum atomic E-state index is 11.5. The Hall–Kier alpha value is -0.640. The zero-order chi connectivity index (χ0) is 15.7. The number of rotatable bonds is 4. The van der Waals surface area contributed by atoms with Crippen LogP contribution >= 0.6 is 26.6 Å². The Labute approximate surface area is 130 Å². The first-order valence-electron chi connectivity index (χ1n) is 5.12. The van der Waals surface area contributed by atoms with E-state index in [1.54, 1.807) is 0 Å². The van der Waals surface area contributed by atoms with E-state index in [1.165, 1.54) is 19.1 Å². The summed E-state index contributed by atoms with van der Waals surface area (Å²) < 4.78 is 44.9. The summed E-state index contributed by atoms with van der Waals surface area (Å²) in [6, 6.07) is 2.63. The number of carbonyl (C=O) groups is 1. The van der Waals surface area contributed by atoms with Crippen molar-refractivity contribution < 1.29 is 21.6 Å². The van der Waals surface area contributed by atoms with Gasteiger partial charge in [0.25, 0.3) is 9.05 Å². The predicted molar refractivity (Wildman–Crippen MR) is 80.3 cm³/mol. The first-order valence-corrected chi connectivity index (χ1v) is 10.3. The minimum atomic E-state index is -3.90. The molecule has 0 bridgehead atoms. The Kier molecular flexibility index (Phi) is 5.23.